The van der Waals surface area contributed by atoms with Crippen LogP contribution in [0.2, 0.25) is 0 Å². The predicted octanol–water partition coefficient (Wildman–Crippen LogP) is 4.21. The molecule has 0 fully saturated rings. The summed E-state index contributed by atoms with van der Waals surface area (Å²) in [6.45, 7) is 6.13. The van der Waals surface area contributed by atoms with E-state index in [1.165, 1.54) is 0 Å². The lowest BCUT2D eigenvalue weighted by Crippen LogP contribution is -2.34. The van der Waals surface area contributed by atoms with Gasteiger partial charge in [-0.25, -0.2) is 9.59 Å². The highest BCUT2D eigenvalue weighted by atomic mass is 16.4. The molecule has 180 valence electrons. The molecule has 2 N–H and O–H groups in total. The van der Waals surface area contributed by atoms with Crippen LogP contribution >= 0.6 is 0 Å². The second-order valence-corrected chi connectivity index (χ2v) is 8.92. The van der Waals surface area contributed by atoms with Crippen molar-refractivity contribution >= 4 is 12.2 Å². The Kier molecular flexibility index (Phi) is 7.17. The van der Waals surface area contributed by atoms with Crippen molar-refractivity contribution in [2.45, 2.75) is 64.0 Å². The Morgan fingerprint density at radius 1 is 0.971 bits per heavy atom. The van der Waals surface area contributed by atoms with Crippen LogP contribution in [0.3, 0.4) is 0 Å². The van der Waals surface area contributed by atoms with Crippen molar-refractivity contribution in [3.8, 4) is 0 Å². The van der Waals surface area contributed by atoms with E-state index in [0.29, 0.717) is 31.2 Å². The van der Waals surface area contributed by atoms with Gasteiger partial charge in [-0.15, -0.1) is 10.2 Å². The highest BCUT2D eigenvalue weighted by Gasteiger charge is 2.45. The van der Waals surface area contributed by atoms with Gasteiger partial charge < -0.3 is 10.2 Å². The van der Waals surface area contributed by atoms with Gasteiger partial charge >= 0.3 is 0 Å². The Hall–Kier alpha value is -3.70. The first kappa shape index (κ1) is 24.4. The molecule has 0 saturated carbocycles. The topological polar surface area (TPSA) is 124 Å². The van der Waals surface area contributed by atoms with Crippen LogP contribution in [-0.4, -0.2) is 28.9 Å². The summed E-state index contributed by atoms with van der Waals surface area (Å²) < 4.78 is 6.21. The van der Waals surface area contributed by atoms with Crippen LogP contribution in [-0.2, 0) is 34.3 Å². The summed E-state index contributed by atoms with van der Waals surface area (Å²) in [6.07, 6.45) is 6.06. The highest BCUT2D eigenvalue weighted by Crippen LogP contribution is 2.47. The van der Waals surface area contributed by atoms with Crippen molar-refractivity contribution in [2.24, 2.45) is 15.7 Å². The molecule has 0 radical (unpaired) electrons. The van der Waals surface area contributed by atoms with Crippen LogP contribution in [0.15, 0.2) is 50.8 Å². The average Bonchev–Trinajstić information content (AvgIpc) is 3.31. The maximum Gasteiger partial charge on any atom is 0.235 e. The number of isocyanates is 2. The van der Waals surface area contributed by atoms with Gasteiger partial charge in [-0.2, -0.15) is 9.98 Å². The number of carbonyl (C=O) groups excluding carboxylic acids is 2. The van der Waals surface area contributed by atoms with Gasteiger partial charge in [0.15, 0.2) is 0 Å². The van der Waals surface area contributed by atoms with Crippen LogP contribution in [0.25, 0.3) is 0 Å². The molecule has 1 aromatic heterocycles. The fourth-order valence-electron chi connectivity index (χ4n) is 5.11. The van der Waals surface area contributed by atoms with Crippen molar-refractivity contribution in [1.29, 1.82) is 0 Å². The van der Waals surface area contributed by atoms with Crippen molar-refractivity contribution in [3.63, 3.8) is 0 Å². The fourth-order valence-corrected chi connectivity index (χ4v) is 5.11. The molecule has 1 heterocycles. The summed E-state index contributed by atoms with van der Waals surface area (Å²) in [5.41, 5.74) is 11.7. The molecule has 2 unspecified atom stereocenters. The number of nitrogens with zero attached hydrogens (tertiary/aromatic N) is 4. The molecule has 0 spiro atoms. The molecule has 0 saturated heterocycles. The summed E-state index contributed by atoms with van der Waals surface area (Å²) in [5.74, 6) is 1.09. The number of rotatable bonds is 8. The molecular weight excluding hydrogens is 442 g/mol. The number of hydrogen-bond acceptors (Lipinski definition) is 8. The van der Waals surface area contributed by atoms with Crippen LogP contribution in [0, 0.1) is 0 Å². The molecule has 3 aromatic rings. The van der Waals surface area contributed by atoms with E-state index in [-0.39, 0.29) is 12.1 Å². The van der Waals surface area contributed by atoms with Gasteiger partial charge in [0, 0.05) is 6.42 Å². The quantitative estimate of drug-likeness (QED) is 0.388. The van der Waals surface area contributed by atoms with E-state index in [4.69, 9.17) is 10.2 Å². The second kappa shape index (κ2) is 10.3. The number of fused-ring (bicyclic) bond motifs is 2. The normalized spacial score (nSPS) is 18.3. The summed E-state index contributed by atoms with van der Waals surface area (Å²) in [7, 11) is 0. The minimum absolute atomic E-state index is 0.295. The van der Waals surface area contributed by atoms with Crippen LogP contribution in [0.1, 0.15) is 84.4 Å². The molecule has 2 aromatic carbocycles. The Bertz CT molecular complexity index is 1240. The second-order valence-electron chi connectivity index (χ2n) is 8.92. The largest absolute Gasteiger partial charge is 0.424 e. The lowest BCUT2D eigenvalue weighted by Gasteiger charge is -2.33. The lowest BCUT2D eigenvalue weighted by molar-refractivity contribution is 0.377. The molecule has 4 rings (SSSR count). The Labute approximate surface area is 204 Å². The Balaban J connectivity index is 2.00. The molecular formula is C27H29N5O3. The monoisotopic (exact) mass is 471 g/mol. The number of aliphatic imine (C=N–C) groups is 2. The number of hydrogen-bond donors (Lipinski definition) is 1. The summed E-state index contributed by atoms with van der Waals surface area (Å²) >= 11 is 0. The van der Waals surface area contributed by atoms with Crippen LogP contribution < -0.4 is 5.73 Å². The third-order valence-electron chi connectivity index (χ3n) is 6.95. The van der Waals surface area contributed by atoms with E-state index in [2.05, 4.69) is 44.4 Å². The number of nitrogens with two attached hydrogens (primary N) is 1. The molecule has 8 heteroatoms. The van der Waals surface area contributed by atoms with Gasteiger partial charge in [-0.05, 0) is 73.0 Å². The summed E-state index contributed by atoms with van der Waals surface area (Å²) in [4.78, 5) is 29.5. The third kappa shape index (κ3) is 4.40. The molecule has 0 aliphatic heterocycles. The maximum absolute atomic E-state index is 10.9. The average molecular weight is 472 g/mol. The zero-order valence-electron chi connectivity index (χ0n) is 20.2. The van der Waals surface area contributed by atoms with E-state index >= 15 is 0 Å². The number of aromatic nitrogens is 2. The first-order valence-electron chi connectivity index (χ1n) is 11.9. The smallest absolute Gasteiger partial charge is 0.235 e. The zero-order valence-corrected chi connectivity index (χ0v) is 20.2. The van der Waals surface area contributed by atoms with Gasteiger partial charge in [-0.3, -0.25) is 0 Å². The molecule has 1 aliphatic carbocycles. The van der Waals surface area contributed by atoms with E-state index < -0.39 is 5.41 Å². The van der Waals surface area contributed by atoms with Crippen LogP contribution in [0.5, 0.6) is 0 Å². The number of aryl methyl sites for hydroxylation is 3. The molecule has 1 aliphatic rings. The standard InChI is InChI=1S/C27H29N5O3/c1-4-25-31-32-26(35-25)27(11-12-28)23-9-7-19(17(2)29-15-33)13-21(23)5-6-22-14-20(8-10-24(22)27)18(3)30-16-34/h7-10,13-14,17-18H,4-6,11-12,28H2,1-3H3. The van der Waals surface area contributed by atoms with Gasteiger partial charge in [0.2, 0.25) is 23.9 Å². The lowest BCUT2D eigenvalue weighted by atomic mass is 9.69. The third-order valence-corrected chi connectivity index (χ3v) is 6.95. The minimum Gasteiger partial charge on any atom is -0.424 e. The molecule has 8 nitrogen and oxygen atoms in total. The molecule has 35 heavy (non-hydrogen) atoms. The fraction of sp³-hybridized carbons (Fsp3) is 0.407. The van der Waals surface area contributed by atoms with Gasteiger partial charge in [0.1, 0.15) is 5.41 Å². The maximum atomic E-state index is 10.9. The van der Waals surface area contributed by atoms with Crippen molar-refractivity contribution in [3.05, 3.63) is 81.6 Å². The van der Waals surface area contributed by atoms with Crippen molar-refractivity contribution in [1.82, 2.24) is 10.2 Å². The predicted molar refractivity (Wildman–Crippen MR) is 131 cm³/mol. The van der Waals surface area contributed by atoms with E-state index in [9.17, 15) is 9.59 Å². The first-order chi connectivity index (χ1) is 17.0. The summed E-state index contributed by atoms with van der Waals surface area (Å²) in [6, 6.07) is 11.8. The SMILES string of the molecule is CCc1nnc(C2(CCN)c3ccc(C(C)N=C=O)cc3CCc3cc(C(C)N=C=O)ccc32)o1. The van der Waals surface area contributed by atoms with Crippen LogP contribution in [0.4, 0.5) is 0 Å². The minimum atomic E-state index is -0.734. The van der Waals surface area contributed by atoms with Crippen molar-refractivity contribution < 1.29 is 14.0 Å². The van der Waals surface area contributed by atoms with Gasteiger partial charge in [0.25, 0.3) is 0 Å². The molecule has 0 amide bonds. The Morgan fingerprint density at radius 2 is 1.51 bits per heavy atom. The Morgan fingerprint density at radius 3 is 1.94 bits per heavy atom. The van der Waals surface area contributed by atoms with E-state index in [1.807, 2.05) is 32.9 Å². The van der Waals surface area contributed by atoms with Gasteiger partial charge in [-0.1, -0.05) is 43.3 Å². The molecule has 2 atom stereocenters. The van der Waals surface area contributed by atoms with E-state index in [1.54, 1.807) is 12.2 Å². The van der Waals surface area contributed by atoms with Gasteiger partial charge in [0.05, 0.1) is 12.1 Å². The first-order valence-corrected chi connectivity index (χ1v) is 11.9. The summed E-state index contributed by atoms with van der Waals surface area (Å²) in [5, 5.41) is 8.78. The molecule has 0 bridgehead atoms. The van der Waals surface area contributed by atoms with E-state index in [0.717, 1.165) is 46.2 Å². The number of benzene rings is 2. The zero-order chi connectivity index (χ0) is 25.0. The highest BCUT2D eigenvalue weighted by molar-refractivity contribution is 5.56. The van der Waals surface area contributed by atoms with Crippen molar-refractivity contribution in [2.75, 3.05) is 6.54 Å².